The normalized spacial score (nSPS) is 10.2. The monoisotopic (exact) mass is 329 g/mol. The Morgan fingerprint density at radius 1 is 0.958 bits per heavy atom. The second kappa shape index (κ2) is 8.24. The third-order valence-corrected chi connectivity index (χ3v) is 3.56. The van der Waals surface area contributed by atoms with E-state index in [0.29, 0.717) is 23.8 Å². The SMILES string of the molecule is COc1cc(C)cc(OC)c1OCC(=O)NCc1ccc(C)cc1. The van der Waals surface area contributed by atoms with E-state index in [1.165, 1.54) is 5.56 Å². The van der Waals surface area contributed by atoms with Crippen LogP contribution in [0.15, 0.2) is 36.4 Å². The molecule has 0 saturated heterocycles. The molecule has 0 unspecified atom stereocenters. The van der Waals surface area contributed by atoms with Crippen LogP contribution in [0.4, 0.5) is 0 Å². The average molecular weight is 329 g/mol. The predicted molar refractivity (Wildman–Crippen MR) is 92.8 cm³/mol. The van der Waals surface area contributed by atoms with E-state index in [-0.39, 0.29) is 12.5 Å². The van der Waals surface area contributed by atoms with E-state index in [4.69, 9.17) is 14.2 Å². The van der Waals surface area contributed by atoms with Crippen molar-refractivity contribution in [1.82, 2.24) is 5.32 Å². The minimum Gasteiger partial charge on any atom is -0.493 e. The van der Waals surface area contributed by atoms with Gasteiger partial charge in [-0.05, 0) is 37.1 Å². The molecule has 0 aromatic heterocycles. The van der Waals surface area contributed by atoms with Crippen molar-refractivity contribution >= 4 is 5.91 Å². The first-order valence-electron chi connectivity index (χ1n) is 7.71. The molecule has 1 N–H and O–H groups in total. The van der Waals surface area contributed by atoms with Crippen molar-refractivity contribution in [3.8, 4) is 17.2 Å². The van der Waals surface area contributed by atoms with Crippen molar-refractivity contribution in [2.75, 3.05) is 20.8 Å². The number of carbonyl (C=O) groups excluding carboxylic acids is 1. The molecular formula is C19H23NO4. The lowest BCUT2D eigenvalue weighted by Crippen LogP contribution is -2.28. The standard InChI is InChI=1S/C19H23NO4/c1-13-5-7-15(8-6-13)11-20-18(21)12-24-19-16(22-3)9-14(2)10-17(19)23-4/h5-10H,11-12H2,1-4H3,(H,20,21). The third-order valence-electron chi connectivity index (χ3n) is 3.56. The second-order valence-electron chi connectivity index (χ2n) is 5.55. The van der Waals surface area contributed by atoms with E-state index in [9.17, 15) is 4.79 Å². The third kappa shape index (κ3) is 4.65. The quantitative estimate of drug-likeness (QED) is 0.848. The summed E-state index contributed by atoms with van der Waals surface area (Å²) in [5.41, 5.74) is 3.21. The highest BCUT2D eigenvalue weighted by atomic mass is 16.5. The van der Waals surface area contributed by atoms with E-state index >= 15 is 0 Å². The van der Waals surface area contributed by atoms with E-state index in [1.54, 1.807) is 14.2 Å². The molecule has 0 heterocycles. The molecule has 0 fully saturated rings. The highest BCUT2D eigenvalue weighted by molar-refractivity contribution is 5.77. The van der Waals surface area contributed by atoms with Crippen LogP contribution < -0.4 is 19.5 Å². The van der Waals surface area contributed by atoms with Crippen LogP contribution in [0.5, 0.6) is 17.2 Å². The zero-order valence-electron chi connectivity index (χ0n) is 14.5. The molecule has 2 aromatic rings. The first kappa shape index (κ1) is 17.7. The van der Waals surface area contributed by atoms with Crippen molar-refractivity contribution in [2.24, 2.45) is 0 Å². The maximum absolute atomic E-state index is 12.0. The van der Waals surface area contributed by atoms with Gasteiger partial charge in [0.25, 0.3) is 5.91 Å². The topological polar surface area (TPSA) is 56.8 Å². The summed E-state index contributed by atoms with van der Waals surface area (Å²) in [7, 11) is 3.11. The molecule has 0 aliphatic heterocycles. The van der Waals surface area contributed by atoms with Gasteiger partial charge in [0, 0.05) is 6.54 Å². The van der Waals surface area contributed by atoms with E-state index in [0.717, 1.165) is 11.1 Å². The number of hydrogen-bond acceptors (Lipinski definition) is 4. The molecular weight excluding hydrogens is 306 g/mol. The first-order valence-corrected chi connectivity index (χ1v) is 7.71. The number of nitrogens with one attached hydrogen (secondary N) is 1. The summed E-state index contributed by atoms with van der Waals surface area (Å²) in [5.74, 6) is 1.30. The van der Waals surface area contributed by atoms with Gasteiger partial charge in [0.15, 0.2) is 18.1 Å². The van der Waals surface area contributed by atoms with Crippen LogP contribution in [0.25, 0.3) is 0 Å². The molecule has 1 amide bonds. The highest BCUT2D eigenvalue weighted by Crippen LogP contribution is 2.38. The van der Waals surface area contributed by atoms with Gasteiger partial charge in [0.2, 0.25) is 5.75 Å². The minimum absolute atomic E-state index is 0.109. The van der Waals surface area contributed by atoms with Gasteiger partial charge < -0.3 is 19.5 Å². The summed E-state index contributed by atoms with van der Waals surface area (Å²) in [6.45, 7) is 4.31. The van der Waals surface area contributed by atoms with E-state index < -0.39 is 0 Å². The fourth-order valence-electron chi connectivity index (χ4n) is 2.25. The molecule has 0 radical (unpaired) electrons. The molecule has 0 spiro atoms. The van der Waals surface area contributed by atoms with Crippen molar-refractivity contribution in [3.05, 3.63) is 53.1 Å². The zero-order valence-corrected chi connectivity index (χ0v) is 14.5. The Labute approximate surface area is 142 Å². The number of amides is 1. The van der Waals surface area contributed by atoms with Crippen LogP contribution in [-0.4, -0.2) is 26.7 Å². The molecule has 5 nitrogen and oxygen atoms in total. The Bertz CT molecular complexity index is 670. The molecule has 0 saturated carbocycles. The fourth-order valence-corrected chi connectivity index (χ4v) is 2.25. The highest BCUT2D eigenvalue weighted by Gasteiger charge is 2.14. The molecule has 24 heavy (non-hydrogen) atoms. The maximum atomic E-state index is 12.0. The summed E-state index contributed by atoms with van der Waals surface area (Å²) < 4.78 is 16.2. The smallest absolute Gasteiger partial charge is 0.258 e. The van der Waals surface area contributed by atoms with Crippen LogP contribution in [-0.2, 0) is 11.3 Å². The summed E-state index contributed by atoms with van der Waals surface area (Å²) in [6.07, 6.45) is 0. The van der Waals surface area contributed by atoms with Crippen molar-refractivity contribution in [1.29, 1.82) is 0 Å². The molecule has 5 heteroatoms. The van der Waals surface area contributed by atoms with Crippen molar-refractivity contribution < 1.29 is 19.0 Å². The van der Waals surface area contributed by atoms with Gasteiger partial charge in [-0.1, -0.05) is 29.8 Å². The van der Waals surface area contributed by atoms with Gasteiger partial charge >= 0.3 is 0 Å². The molecule has 0 aliphatic rings. The van der Waals surface area contributed by atoms with Gasteiger partial charge in [0.05, 0.1) is 14.2 Å². The van der Waals surface area contributed by atoms with E-state index in [2.05, 4.69) is 5.32 Å². The van der Waals surface area contributed by atoms with Crippen molar-refractivity contribution in [3.63, 3.8) is 0 Å². The van der Waals surface area contributed by atoms with Gasteiger partial charge in [-0.2, -0.15) is 0 Å². The lowest BCUT2D eigenvalue weighted by Gasteiger charge is -2.15. The molecule has 2 aromatic carbocycles. The molecule has 128 valence electrons. The lowest BCUT2D eigenvalue weighted by atomic mass is 10.1. The van der Waals surface area contributed by atoms with Gasteiger partial charge in [-0.3, -0.25) is 4.79 Å². The summed E-state index contributed by atoms with van der Waals surface area (Å²) >= 11 is 0. The minimum atomic E-state index is -0.208. The Hall–Kier alpha value is -2.69. The van der Waals surface area contributed by atoms with Crippen LogP contribution >= 0.6 is 0 Å². The Kier molecular flexibility index (Phi) is 6.07. The molecule has 2 rings (SSSR count). The molecule has 0 atom stereocenters. The number of methoxy groups -OCH3 is 2. The largest absolute Gasteiger partial charge is 0.493 e. The van der Waals surface area contributed by atoms with Gasteiger partial charge in [-0.15, -0.1) is 0 Å². The Morgan fingerprint density at radius 2 is 1.54 bits per heavy atom. The number of benzene rings is 2. The van der Waals surface area contributed by atoms with Gasteiger partial charge in [0.1, 0.15) is 0 Å². The fraction of sp³-hybridized carbons (Fsp3) is 0.316. The number of aryl methyl sites for hydroxylation is 2. The maximum Gasteiger partial charge on any atom is 0.258 e. The number of carbonyl (C=O) groups is 1. The van der Waals surface area contributed by atoms with Crippen molar-refractivity contribution in [2.45, 2.75) is 20.4 Å². The van der Waals surface area contributed by atoms with E-state index in [1.807, 2.05) is 50.2 Å². The predicted octanol–water partition coefficient (Wildman–Crippen LogP) is 3.02. The molecule has 0 bridgehead atoms. The first-order chi connectivity index (χ1) is 11.5. The van der Waals surface area contributed by atoms with Crippen LogP contribution in [0.1, 0.15) is 16.7 Å². The average Bonchev–Trinajstić information content (AvgIpc) is 2.59. The van der Waals surface area contributed by atoms with Crippen LogP contribution in [0.2, 0.25) is 0 Å². The zero-order chi connectivity index (χ0) is 17.5. The summed E-state index contributed by atoms with van der Waals surface area (Å²) in [4.78, 5) is 12.0. The van der Waals surface area contributed by atoms with Crippen LogP contribution in [0, 0.1) is 13.8 Å². The second-order valence-corrected chi connectivity index (χ2v) is 5.55. The summed E-state index contributed by atoms with van der Waals surface area (Å²) in [5, 5.41) is 2.83. The summed E-state index contributed by atoms with van der Waals surface area (Å²) in [6, 6.07) is 11.7. The Morgan fingerprint density at radius 3 is 2.08 bits per heavy atom. The molecule has 0 aliphatic carbocycles. The number of hydrogen-bond donors (Lipinski definition) is 1. The number of rotatable bonds is 7. The number of ether oxygens (including phenoxy) is 3. The lowest BCUT2D eigenvalue weighted by molar-refractivity contribution is -0.123. The Balaban J connectivity index is 1.95. The van der Waals surface area contributed by atoms with Crippen LogP contribution in [0.3, 0.4) is 0 Å². The van der Waals surface area contributed by atoms with Gasteiger partial charge in [-0.25, -0.2) is 0 Å².